The Balaban J connectivity index is 2.54. The van der Waals surface area contributed by atoms with Crippen molar-refractivity contribution in [2.24, 2.45) is 0 Å². The van der Waals surface area contributed by atoms with Gasteiger partial charge >= 0.3 is 5.97 Å². The number of carboxylic acid groups (broad SMARTS) is 1. The first-order chi connectivity index (χ1) is 9.31. The molecule has 10 heteroatoms. The summed E-state index contributed by atoms with van der Waals surface area (Å²) in [7, 11) is -4.33. The number of halogens is 2. The zero-order chi connectivity index (χ0) is 14.9. The van der Waals surface area contributed by atoms with Gasteiger partial charge in [0.2, 0.25) is 0 Å². The summed E-state index contributed by atoms with van der Waals surface area (Å²) in [6.07, 6.45) is 1.12. The fourth-order valence-corrected chi connectivity index (χ4v) is 3.10. The van der Waals surface area contributed by atoms with Gasteiger partial charge in [0.05, 0.1) is 5.56 Å². The lowest BCUT2D eigenvalue weighted by molar-refractivity contribution is 0.0691. The summed E-state index contributed by atoms with van der Waals surface area (Å²) < 4.78 is 44.5. The number of nitrogens with one attached hydrogen (secondary N) is 1. The largest absolute Gasteiger partial charge is 0.478 e. The van der Waals surface area contributed by atoms with Crippen molar-refractivity contribution < 1.29 is 27.2 Å². The molecule has 0 bridgehead atoms. The molecule has 0 unspecified atom stereocenters. The Morgan fingerprint density at radius 2 is 2.15 bits per heavy atom. The average molecular weight is 365 g/mol. The van der Waals surface area contributed by atoms with Crippen LogP contribution < -0.4 is 4.72 Å². The maximum Gasteiger partial charge on any atom is 0.338 e. The highest BCUT2D eigenvalue weighted by molar-refractivity contribution is 9.10. The van der Waals surface area contributed by atoms with Crippen molar-refractivity contribution in [2.75, 3.05) is 4.72 Å². The van der Waals surface area contributed by atoms with Gasteiger partial charge in [0.1, 0.15) is 11.2 Å². The molecular weight excluding hydrogens is 359 g/mol. The topological polar surface area (TPSA) is 110 Å². The number of aromatic carboxylic acids is 1. The second-order valence-corrected chi connectivity index (χ2v) is 6.13. The predicted octanol–water partition coefficient (Wildman–Crippen LogP) is 2.08. The summed E-state index contributed by atoms with van der Waals surface area (Å²) in [5.41, 5.74) is -0.764. The van der Waals surface area contributed by atoms with E-state index in [1.165, 1.54) is 6.07 Å². The smallest absolute Gasteiger partial charge is 0.338 e. The fourth-order valence-electron chi connectivity index (χ4n) is 1.37. The molecule has 1 aromatic carbocycles. The van der Waals surface area contributed by atoms with Crippen LogP contribution in [0.25, 0.3) is 0 Å². The van der Waals surface area contributed by atoms with Crippen molar-refractivity contribution in [2.45, 2.75) is 4.90 Å². The van der Waals surface area contributed by atoms with Gasteiger partial charge in [0, 0.05) is 10.5 Å². The SMILES string of the molecule is O=C(O)c1cc(Br)cc(S(=O)(=O)Nc2ccon2)c1F. The normalized spacial score (nSPS) is 11.3. The third-order valence-electron chi connectivity index (χ3n) is 2.20. The second-order valence-electron chi connectivity index (χ2n) is 3.56. The van der Waals surface area contributed by atoms with E-state index in [2.05, 4.69) is 25.6 Å². The lowest BCUT2D eigenvalue weighted by atomic mass is 10.2. The number of sulfonamides is 1. The molecule has 106 valence electrons. The van der Waals surface area contributed by atoms with Crippen molar-refractivity contribution in [3.63, 3.8) is 0 Å². The third kappa shape index (κ3) is 2.80. The van der Waals surface area contributed by atoms with Gasteiger partial charge in [0.25, 0.3) is 10.0 Å². The zero-order valence-corrected chi connectivity index (χ0v) is 11.9. The van der Waals surface area contributed by atoms with E-state index < -0.39 is 32.3 Å². The van der Waals surface area contributed by atoms with Gasteiger partial charge in [-0.3, -0.25) is 4.72 Å². The molecule has 0 atom stereocenters. The van der Waals surface area contributed by atoms with Gasteiger partial charge in [-0.25, -0.2) is 17.6 Å². The Bertz CT molecular complexity index is 760. The molecule has 2 N–H and O–H groups in total. The first kappa shape index (κ1) is 14.5. The van der Waals surface area contributed by atoms with E-state index in [9.17, 15) is 17.6 Å². The summed E-state index contributed by atoms with van der Waals surface area (Å²) in [6.45, 7) is 0. The van der Waals surface area contributed by atoms with Crippen molar-refractivity contribution >= 4 is 37.7 Å². The molecule has 1 heterocycles. The number of benzene rings is 1. The Kier molecular flexibility index (Phi) is 3.77. The number of nitrogens with zero attached hydrogens (tertiary/aromatic N) is 1. The molecule has 7 nitrogen and oxygen atoms in total. The quantitative estimate of drug-likeness (QED) is 0.859. The van der Waals surface area contributed by atoms with Gasteiger partial charge in [-0.2, -0.15) is 0 Å². The zero-order valence-electron chi connectivity index (χ0n) is 9.50. The number of carboxylic acids is 1. The van der Waals surface area contributed by atoms with E-state index in [0.29, 0.717) is 0 Å². The average Bonchev–Trinajstić information content (AvgIpc) is 2.83. The van der Waals surface area contributed by atoms with Crippen LogP contribution in [0.15, 0.2) is 38.4 Å². The van der Waals surface area contributed by atoms with E-state index in [1.54, 1.807) is 0 Å². The van der Waals surface area contributed by atoms with Gasteiger partial charge in [0.15, 0.2) is 11.6 Å². The molecule has 20 heavy (non-hydrogen) atoms. The summed E-state index contributed by atoms with van der Waals surface area (Å²) in [6, 6.07) is 3.13. The van der Waals surface area contributed by atoms with E-state index >= 15 is 0 Å². The first-order valence-corrected chi connectivity index (χ1v) is 7.24. The summed E-state index contributed by atoms with van der Waals surface area (Å²) in [5.74, 6) is -3.10. The monoisotopic (exact) mass is 364 g/mol. The standard InChI is InChI=1S/C10H6BrFN2O5S/c11-5-3-6(10(15)16)9(12)7(4-5)20(17,18)14-8-1-2-19-13-8/h1-4H,(H,13,14)(H,15,16). The molecule has 2 rings (SSSR count). The maximum atomic E-state index is 14.0. The molecule has 1 aromatic heterocycles. The molecule has 0 radical (unpaired) electrons. The van der Waals surface area contributed by atoms with Crippen LogP contribution in [0.5, 0.6) is 0 Å². The molecule has 0 spiro atoms. The highest BCUT2D eigenvalue weighted by Crippen LogP contribution is 2.25. The predicted molar refractivity (Wildman–Crippen MR) is 68.4 cm³/mol. The van der Waals surface area contributed by atoms with Crippen LogP contribution in [-0.4, -0.2) is 24.7 Å². The Morgan fingerprint density at radius 1 is 1.45 bits per heavy atom. The van der Waals surface area contributed by atoms with Crippen LogP contribution in [0.1, 0.15) is 10.4 Å². The number of aromatic nitrogens is 1. The van der Waals surface area contributed by atoms with Gasteiger partial charge < -0.3 is 9.63 Å². The minimum Gasteiger partial charge on any atom is -0.478 e. The molecule has 0 aliphatic carbocycles. The molecule has 0 amide bonds. The maximum absolute atomic E-state index is 14.0. The van der Waals surface area contributed by atoms with E-state index in [1.807, 2.05) is 4.72 Å². The summed E-state index contributed by atoms with van der Waals surface area (Å²) >= 11 is 2.93. The number of carbonyl (C=O) groups is 1. The molecule has 2 aromatic rings. The van der Waals surface area contributed by atoms with Gasteiger partial charge in [-0.15, -0.1) is 0 Å². The summed E-state index contributed by atoms with van der Waals surface area (Å²) in [5, 5.41) is 12.2. The third-order valence-corrected chi connectivity index (χ3v) is 4.01. The number of rotatable bonds is 4. The highest BCUT2D eigenvalue weighted by Gasteiger charge is 2.25. The number of anilines is 1. The molecule has 0 saturated heterocycles. The first-order valence-electron chi connectivity index (χ1n) is 4.97. The fraction of sp³-hybridized carbons (Fsp3) is 0. The summed E-state index contributed by atoms with van der Waals surface area (Å²) in [4.78, 5) is 10.1. The van der Waals surface area contributed by atoms with Crippen molar-refractivity contribution in [1.82, 2.24) is 5.16 Å². The van der Waals surface area contributed by atoms with Crippen LogP contribution in [0.4, 0.5) is 10.2 Å². The molecular formula is C10H6BrFN2O5S. The van der Waals surface area contributed by atoms with Gasteiger partial charge in [-0.05, 0) is 12.1 Å². The number of hydrogen-bond donors (Lipinski definition) is 2. The Morgan fingerprint density at radius 3 is 2.70 bits per heavy atom. The minimum absolute atomic E-state index is 0.108. The highest BCUT2D eigenvalue weighted by atomic mass is 79.9. The van der Waals surface area contributed by atoms with Crippen molar-refractivity contribution in [3.05, 3.63) is 40.3 Å². The lowest BCUT2D eigenvalue weighted by Crippen LogP contribution is -2.17. The van der Waals surface area contributed by atoms with Crippen molar-refractivity contribution in [1.29, 1.82) is 0 Å². The number of hydrogen-bond acceptors (Lipinski definition) is 5. The van der Waals surface area contributed by atoms with E-state index in [-0.39, 0.29) is 10.3 Å². The molecule has 0 fully saturated rings. The van der Waals surface area contributed by atoms with Crippen LogP contribution in [0.3, 0.4) is 0 Å². The Hall–Kier alpha value is -1.94. The molecule has 0 saturated carbocycles. The van der Waals surface area contributed by atoms with Gasteiger partial charge in [-0.1, -0.05) is 21.1 Å². The molecule has 0 aliphatic rings. The minimum atomic E-state index is -4.33. The van der Waals surface area contributed by atoms with E-state index in [0.717, 1.165) is 18.4 Å². The van der Waals surface area contributed by atoms with E-state index in [4.69, 9.17) is 5.11 Å². The second kappa shape index (κ2) is 5.21. The van der Waals surface area contributed by atoms with Crippen molar-refractivity contribution in [3.8, 4) is 0 Å². The lowest BCUT2D eigenvalue weighted by Gasteiger charge is -2.08. The Labute approximate surface area is 120 Å². The van der Waals surface area contributed by atoms with Crippen LogP contribution in [0, 0.1) is 5.82 Å². The van der Waals surface area contributed by atoms with Crippen LogP contribution in [0.2, 0.25) is 0 Å². The molecule has 0 aliphatic heterocycles. The van der Waals surface area contributed by atoms with Crippen LogP contribution >= 0.6 is 15.9 Å². The van der Waals surface area contributed by atoms with Crippen LogP contribution in [-0.2, 0) is 10.0 Å².